The summed E-state index contributed by atoms with van der Waals surface area (Å²) < 4.78 is 13.0. The minimum absolute atomic E-state index is 0.217. The van der Waals surface area contributed by atoms with Crippen molar-refractivity contribution in [3.05, 3.63) is 28.6 Å². The van der Waals surface area contributed by atoms with Crippen molar-refractivity contribution in [3.63, 3.8) is 0 Å². The topological polar surface area (TPSA) is 67.3 Å². The molecular formula is C11H15N3O2S2. The molecule has 0 spiro atoms. The van der Waals surface area contributed by atoms with Crippen LogP contribution in [0.1, 0.15) is 18.5 Å². The molecule has 18 heavy (non-hydrogen) atoms. The first-order valence-corrected chi connectivity index (χ1v) is 7.27. The molecule has 7 heteroatoms. The van der Waals surface area contributed by atoms with Crippen LogP contribution in [0.2, 0.25) is 0 Å². The second-order valence-electron chi connectivity index (χ2n) is 3.90. The summed E-state index contributed by atoms with van der Waals surface area (Å²) in [6.45, 7) is 2.77. The zero-order chi connectivity index (χ0) is 12.8. The van der Waals surface area contributed by atoms with Crippen LogP contribution in [0.5, 0.6) is 5.88 Å². The van der Waals surface area contributed by atoms with Gasteiger partial charge >= 0.3 is 0 Å². The molecule has 2 rings (SSSR count). The first-order valence-electron chi connectivity index (χ1n) is 5.59. The van der Waals surface area contributed by atoms with Crippen LogP contribution in [-0.2, 0) is 0 Å². The van der Waals surface area contributed by atoms with E-state index in [-0.39, 0.29) is 12.6 Å². The molecule has 0 amide bonds. The lowest BCUT2D eigenvalue weighted by atomic mass is 10.2. The highest BCUT2D eigenvalue weighted by atomic mass is 32.1. The fraction of sp³-hybridized carbons (Fsp3) is 0.455. The highest BCUT2D eigenvalue weighted by Crippen LogP contribution is 2.15. The van der Waals surface area contributed by atoms with E-state index < -0.39 is 6.10 Å². The van der Waals surface area contributed by atoms with Crippen molar-refractivity contribution in [3.8, 4) is 5.88 Å². The lowest BCUT2D eigenvalue weighted by Gasteiger charge is -2.16. The molecule has 0 bridgehead atoms. The highest BCUT2D eigenvalue weighted by Gasteiger charge is 2.10. The van der Waals surface area contributed by atoms with Gasteiger partial charge in [0.05, 0.1) is 11.7 Å². The molecule has 0 aliphatic rings. The van der Waals surface area contributed by atoms with Gasteiger partial charge in [0, 0.05) is 12.6 Å². The third-order valence-corrected chi connectivity index (χ3v) is 3.63. The SMILES string of the molecule is CC(NCC(O)COc1cnsn1)c1ccsc1. The van der Waals surface area contributed by atoms with E-state index in [1.807, 2.05) is 5.38 Å². The molecule has 0 saturated heterocycles. The number of aliphatic hydroxyl groups is 1. The number of nitrogens with zero attached hydrogens (tertiary/aromatic N) is 2. The number of rotatable bonds is 7. The minimum Gasteiger partial charge on any atom is -0.473 e. The van der Waals surface area contributed by atoms with Crippen LogP contribution in [0.25, 0.3) is 0 Å². The van der Waals surface area contributed by atoms with Crippen molar-refractivity contribution in [2.75, 3.05) is 13.2 Å². The van der Waals surface area contributed by atoms with E-state index in [1.54, 1.807) is 17.5 Å². The van der Waals surface area contributed by atoms with E-state index in [0.717, 1.165) is 11.7 Å². The quantitative estimate of drug-likeness (QED) is 0.810. The molecular weight excluding hydrogens is 270 g/mol. The van der Waals surface area contributed by atoms with Gasteiger partial charge in [0.2, 0.25) is 5.88 Å². The van der Waals surface area contributed by atoms with Crippen LogP contribution < -0.4 is 10.1 Å². The summed E-state index contributed by atoms with van der Waals surface area (Å²) in [4.78, 5) is 0. The Morgan fingerprint density at radius 2 is 2.44 bits per heavy atom. The third kappa shape index (κ3) is 4.02. The average molecular weight is 285 g/mol. The molecule has 2 unspecified atom stereocenters. The second kappa shape index (κ2) is 6.79. The first-order chi connectivity index (χ1) is 8.75. The van der Waals surface area contributed by atoms with Crippen molar-refractivity contribution in [2.24, 2.45) is 0 Å². The van der Waals surface area contributed by atoms with Gasteiger partial charge < -0.3 is 15.2 Å². The van der Waals surface area contributed by atoms with Crippen LogP contribution in [0.4, 0.5) is 0 Å². The number of hydrogen-bond acceptors (Lipinski definition) is 7. The van der Waals surface area contributed by atoms with Gasteiger partial charge in [-0.2, -0.15) is 15.7 Å². The third-order valence-electron chi connectivity index (χ3n) is 2.47. The molecule has 2 N–H and O–H groups in total. The lowest BCUT2D eigenvalue weighted by Crippen LogP contribution is -2.32. The summed E-state index contributed by atoms with van der Waals surface area (Å²) in [6.07, 6.45) is 0.978. The van der Waals surface area contributed by atoms with Gasteiger partial charge in [-0.15, -0.1) is 4.37 Å². The molecule has 2 aromatic rings. The predicted molar refractivity (Wildman–Crippen MR) is 72.1 cm³/mol. The molecule has 0 aliphatic carbocycles. The van der Waals surface area contributed by atoms with E-state index in [1.165, 1.54) is 5.56 Å². The first kappa shape index (κ1) is 13.4. The zero-order valence-corrected chi connectivity index (χ0v) is 11.6. The highest BCUT2D eigenvalue weighted by molar-refractivity contribution is 7.08. The number of nitrogens with one attached hydrogen (secondary N) is 1. The van der Waals surface area contributed by atoms with Crippen molar-refractivity contribution >= 4 is 23.1 Å². The molecule has 0 aromatic carbocycles. The van der Waals surface area contributed by atoms with E-state index in [9.17, 15) is 5.11 Å². The maximum atomic E-state index is 9.76. The van der Waals surface area contributed by atoms with Crippen molar-refractivity contribution in [1.82, 2.24) is 14.1 Å². The minimum atomic E-state index is -0.562. The molecule has 0 saturated carbocycles. The van der Waals surface area contributed by atoms with Crippen LogP contribution in [0.3, 0.4) is 0 Å². The summed E-state index contributed by atoms with van der Waals surface area (Å²) in [5, 5.41) is 17.2. The number of ether oxygens (including phenoxy) is 1. The van der Waals surface area contributed by atoms with Crippen LogP contribution in [0, 0.1) is 0 Å². The van der Waals surface area contributed by atoms with Gasteiger partial charge in [-0.3, -0.25) is 0 Å². The monoisotopic (exact) mass is 285 g/mol. The Bertz CT molecular complexity index is 433. The number of hydrogen-bond donors (Lipinski definition) is 2. The van der Waals surface area contributed by atoms with Crippen molar-refractivity contribution in [1.29, 1.82) is 0 Å². The Morgan fingerprint density at radius 3 is 3.11 bits per heavy atom. The van der Waals surface area contributed by atoms with Crippen LogP contribution in [-0.4, -0.2) is 33.1 Å². The van der Waals surface area contributed by atoms with Crippen molar-refractivity contribution < 1.29 is 9.84 Å². The molecule has 2 atom stereocenters. The van der Waals surface area contributed by atoms with Crippen molar-refractivity contribution in [2.45, 2.75) is 19.1 Å². The Labute approximate surface area is 114 Å². The smallest absolute Gasteiger partial charge is 0.245 e. The normalized spacial score (nSPS) is 14.3. The maximum Gasteiger partial charge on any atom is 0.245 e. The summed E-state index contributed by atoms with van der Waals surface area (Å²) in [5.74, 6) is 0.463. The number of aliphatic hydroxyl groups excluding tert-OH is 1. The van der Waals surface area contributed by atoms with Gasteiger partial charge in [-0.25, -0.2) is 0 Å². The largest absolute Gasteiger partial charge is 0.473 e. The summed E-state index contributed by atoms with van der Waals surface area (Å²) >= 11 is 2.76. The Hall–Kier alpha value is -1.02. The Morgan fingerprint density at radius 1 is 1.56 bits per heavy atom. The number of thiophene rings is 1. The summed E-state index contributed by atoms with van der Waals surface area (Å²) in [5.41, 5.74) is 1.23. The van der Waals surface area contributed by atoms with Gasteiger partial charge in [-0.1, -0.05) is 0 Å². The fourth-order valence-corrected chi connectivity index (χ4v) is 2.53. The lowest BCUT2D eigenvalue weighted by molar-refractivity contribution is 0.102. The van der Waals surface area contributed by atoms with E-state index in [2.05, 4.69) is 32.4 Å². The molecule has 0 fully saturated rings. The van der Waals surface area contributed by atoms with E-state index in [4.69, 9.17) is 4.74 Å². The van der Waals surface area contributed by atoms with E-state index in [0.29, 0.717) is 12.4 Å². The molecule has 2 heterocycles. The molecule has 5 nitrogen and oxygen atoms in total. The summed E-state index contributed by atoms with van der Waals surface area (Å²) in [6, 6.07) is 2.30. The Kier molecular flexibility index (Phi) is 5.06. The predicted octanol–water partition coefficient (Wildman–Crippen LogP) is 1.69. The second-order valence-corrected chi connectivity index (χ2v) is 5.23. The number of aromatic nitrogens is 2. The van der Waals surface area contributed by atoms with Gasteiger partial charge in [0.15, 0.2) is 0 Å². The van der Waals surface area contributed by atoms with E-state index >= 15 is 0 Å². The van der Waals surface area contributed by atoms with Crippen LogP contribution in [0.15, 0.2) is 23.0 Å². The maximum absolute atomic E-state index is 9.76. The van der Waals surface area contributed by atoms with Gasteiger partial charge in [0.1, 0.15) is 18.9 Å². The molecule has 0 radical (unpaired) electrons. The standard InChI is InChI=1S/C11H15N3O2S2/c1-8(9-2-3-17-7-9)12-4-10(15)6-16-11-5-13-18-14-11/h2-3,5,7-8,10,12,15H,4,6H2,1H3. The Balaban J connectivity index is 1.67. The summed E-state index contributed by atoms with van der Waals surface area (Å²) in [7, 11) is 0. The van der Waals surface area contributed by atoms with Gasteiger partial charge in [-0.05, 0) is 29.3 Å². The van der Waals surface area contributed by atoms with Crippen LogP contribution >= 0.6 is 23.1 Å². The molecule has 0 aliphatic heterocycles. The fourth-order valence-electron chi connectivity index (χ4n) is 1.41. The molecule has 98 valence electrons. The molecule has 2 aromatic heterocycles. The van der Waals surface area contributed by atoms with Gasteiger partial charge in [0.25, 0.3) is 0 Å². The average Bonchev–Trinajstić information content (AvgIpc) is 3.05. The zero-order valence-electron chi connectivity index (χ0n) is 9.94.